The molecule has 0 aliphatic carbocycles. The van der Waals surface area contributed by atoms with E-state index in [4.69, 9.17) is 14.3 Å². The van der Waals surface area contributed by atoms with Gasteiger partial charge in [-0.3, -0.25) is 0 Å². The molecule has 0 spiro atoms. The number of oxime groups is 1. The van der Waals surface area contributed by atoms with Crippen molar-refractivity contribution in [1.29, 1.82) is 0 Å². The summed E-state index contributed by atoms with van der Waals surface area (Å²) in [6.07, 6.45) is 0.644. The van der Waals surface area contributed by atoms with E-state index in [0.717, 1.165) is 12.1 Å². The Morgan fingerprint density at radius 3 is 3.23 bits per heavy atom. The van der Waals surface area contributed by atoms with Crippen molar-refractivity contribution in [2.24, 2.45) is 5.16 Å². The van der Waals surface area contributed by atoms with Crippen molar-refractivity contribution in [1.82, 2.24) is 0 Å². The first-order valence-electron chi connectivity index (χ1n) is 4.28. The summed E-state index contributed by atoms with van der Waals surface area (Å²) in [5, 5.41) is 3.91. The van der Waals surface area contributed by atoms with Crippen LogP contribution in [-0.2, 0) is 14.3 Å². The standard InChI is InChI=1S/C9H13NO3/c1-6-8-9(13-10-6,4-5-12-8)7(2)11-3/h8H,2,4-5H2,1,3H3. The summed E-state index contributed by atoms with van der Waals surface area (Å²) in [5.41, 5.74) is 0.300. The molecule has 2 rings (SSSR count). The number of hydrogen-bond acceptors (Lipinski definition) is 4. The Bertz CT molecular complexity index is 274. The highest BCUT2D eigenvalue weighted by Gasteiger charge is 2.55. The summed E-state index contributed by atoms with van der Waals surface area (Å²) in [7, 11) is 1.59. The van der Waals surface area contributed by atoms with Crippen molar-refractivity contribution in [3.05, 3.63) is 12.3 Å². The molecule has 0 aromatic heterocycles. The normalized spacial score (nSPS) is 36.5. The Hall–Kier alpha value is -1.03. The topological polar surface area (TPSA) is 40.0 Å². The number of fused-ring (bicyclic) bond motifs is 1. The second kappa shape index (κ2) is 2.73. The molecule has 13 heavy (non-hydrogen) atoms. The zero-order valence-corrected chi connectivity index (χ0v) is 7.87. The lowest BCUT2D eigenvalue weighted by atomic mass is 9.92. The average Bonchev–Trinajstić information content (AvgIpc) is 2.67. The van der Waals surface area contributed by atoms with Gasteiger partial charge in [0.25, 0.3) is 0 Å². The number of ether oxygens (including phenoxy) is 2. The molecule has 0 aromatic carbocycles. The first kappa shape index (κ1) is 8.56. The highest BCUT2D eigenvalue weighted by molar-refractivity contribution is 5.89. The summed E-state index contributed by atoms with van der Waals surface area (Å²) in [6, 6.07) is 0. The molecule has 0 saturated carbocycles. The zero-order valence-electron chi connectivity index (χ0n) is 7.87. The molecule has 0 N–H and O–H groups in total. The van der Waals surface area contributed by atoms with Crippen LogP contribution in [0.2, 0.25) is 0 Å². The van der Waals surface area contributed by atoms with Crippen LogP contribution in [0.3, 0.4) is 0 Å². The van der Waals surface area contributed by atoms with Crippen LogP contribution < -0.4 is 0 Å². The van der Waals surface area contributed by atoms with Gasteiger partial charge in [0, 0.05) is 6.42 Å². The maximum atomic E-state index is 5.52. The van der Waals surface area contributed by atoms with Crippen molar-refractivity contribution >= 4 is 5.71 Å². The van der Waals surface area contributed by atoms with Gasteiger partial charge in [-0.15, -0.1) is 0 Å². The molecule has 1 saturated heterocycles. The Balaban J connectivity index is 2.28. The molecule has 2 heterocycles. The molecule has 0 aromatic rings. The van der Waals surface area contributed by atoms with Crippen molar-refractivity contribution in [3.63, 3.8) is 0 Å². The lowest BCUT2D eigenvalue weighted by Crippen LogP contribution is -2.41. The van der Waals surface area contributed by atoms with Crippen LogP contribution in [0.5, 0.6) is 0 Å². The molecular weight excluding hydrogens is 170 g/mol. The summed E-state index contributed by atoms with van der Waals surface area (Å²) in [5.74, 6) is 0.593. The first-order valence-corrected chi connectivity index (χ1v) is 4.28. The van der Waals surface area contributed by atoms with Gasteiger partial charge in [-0.25, -0.2) is 0 Å². The maximum absolute atomic E-state index is 5.52. The van der Waals surface area contributed by atoms with E-state index in [-0.39, 0.29) is 6.10 Å². The van der Waals surface area contributed by atoms with Crippen LogP contribution in [0, 0.1) is 0 Å². The van der Waals surface area contributed by atoms with Crippen LogP contribution in [0.25, 0.3) is 0 Å². The molecule has 4 heteroatoms. The molecule has 0 radical (unpaired) electrons. The maximum Gasteiger partial charge on any atom is 0.226 e. The smallest absolute Gasteiger partial charge is 0.226 e. The van der Waals surface area contributed by atoms with Crippen LogP contribution >= 0.6 is 0 Å². The Labute approximate surface area is 77.1 Å². The molecular formula is C9H13NO3. The molecule has 0 amide bonds. The summed E-state index contributed by atoms with van der Waals surface area (Å²) in [6.45, 7) is 6.38. The monoisotopic (exact) mass is 183 g/mol. The Morgan fingerprint density at radius 2 is 2.54 bits per heavy atom. The van der Waals surface area contributed by atoms with Gasteiger partial charge in [-0.1, -0.05) is 11.7 Å². The van der Waals surface area contributed by atoms with E-state index in [0.29, 0.717) is 12.4 Å². The Morgan fingerprint density at radius 1 is 1.77 bits per heavy atom. The summed E-state index contributed by atoms with van der Waals surface area (Å²) < 4.78 is 10.6. The molecule has 72 valence electrons. The van der Waals surface area contributed by atoms with Crippen LogP contribution in [0.1, 0.15) is 13.3 Å². The molecule has 0 bridgehead atoms. The average molecular weight is 183 g/mol. The number of nitrogens with zero attached hydrogens (tertiary/aromatic N) is 1. The predicted octanol–water partition coefficient (Wildman–Crippen LogP) is 1.08. The van der Waals surface area contributed by atoms with Crippen molar-refractivity contribution in [2.75, 3.05) is 13.7 Å². The van der Waals surface area contributed by atoms with Gasteiger partial charge in [-0.2, -0.15) is 0 Å². The largest absolute Gasteiger partial charge is 0.497 e. The fourth-order valence-corrected chi connectivity index (χ4v) is 1.86. The number of methoxy groups -OCH3 is 1. The van der Waals surface area contributed by atoms with E-state index in [2.05, 4.69) is 11.7 Å². The van der Waals surface area contributed by atoms with Gasteiger partial charge in [-0.05, 0) is 6.92 Å². The highest BCUT2D eigenvalue weighted by atomic mass is 16.7. The second-order valence-electron chi connectivity index (χ2n) is 3.34. The third-order valence-corrected chi connectivity index (χ3v) is 2.63. The van der Waals surface area contributed by atoms with Gasteiger partial charge in [0.2, 0.25) is 5.60 Å². The lowest BCUT2D eigenvalue weighted by molar-refractivity contribution is -0.0457. The molecule has 1 fully saturated rings. The van der Waals surface area contributed by atoms with Crippen LogP contribution in [0.4, 0.5) is 0 Å². The van der Waals surface area contributed by atoms with Crippen molar-refractivity contribution < 1.29 is 14.3 Å². The zero-order chi connectivity index (χ0) is 9.47. The van der Waals surface area contributed by atoms with E-state index in [1.54, 1.807) is 7.11 Å². The molecule has 2 aliphatic rings. The van der Waals surface area contributed by atoms with Crippen LogP contribution in [-0.4, -0.2) is 31.1 Å². The molecule has 2 aliphatic heterocycles. The summed E-state index contributed by atoms with van der Waals surface area (Å²) >= 11 is 0. The van der Waals surface area contributed by atoms with E-state index in [9.17, 15) is 0 Å². The van der Waals surface area contributed by atoms with E-state index in [1.807, 2.05) is 6.92 Å². The fourth-order valence-electron chi connectivity index (χ4n) is 1.86. The SMILES string of the molecule is C=C(OC)C12CCOC1C(C)=NO2. The second-order valence-corrected chi connectivity index (χ2v) is 3.34. The van der Waals surface area contributed by atoms with Gasteiger partial charge >= 0.3 is 0 Å². The summed E-state index contributed by atoms with van der Waals surface area (Å²) in [4.78, 5) is 5.37. The first-order chi connectivity index (χ1) is 6.20. The predicted molar refractivity (Wildman–Crippen MR) is 47.4 cm³/mol. The minimum absolute atomic E-state index is 0.111. The van der Waals surface area contributed by atoms with Gasteiger partial charge < -0.3 is 14.3 Å². The van der Waals surface area contributed by atoms with E-state index < -0.39 is 5.60 Å². The lowest BCUT2D eigenvalue weighted by Gasteiger charge is -2.25. The van der Waals surface area contributed by atoms with Crippen molar-refractivity contribution in [3.8, 4) is 0 Å². The van der Waals surface area contributed by atoms with E-state index in [1.165, 1.54) is 0 Å². The third-order valence-electron chi connectivity index (χ3n) is 2.63. The van der Waals surface area contributed by atoms with Gasteiger partial charge in [0.05, 0.1) is 19.4 Å². The third kappa shape index (κ3) is 0.983. The number of rotatable bonds is 2. The molecule has 2 atom stereocenters. The Kier molecular flexibility index (Phi) is 1.80. The van der Waals surface area contributed by atoms with Gasteiger partial charge in [0.15, 0.2) is 0 Å². The van der Waals surface area contributed by atoms with E-state index >= 15 is 0 Å². The number of hydrogen-bond donors (Lipinski definition) is 0. The minimum atomic E-state index is -0.557. The molecule has 4 nitrogen and oxygen atoms in total. The molecule has 2 unspecified atom stereocenters. The fraction of sp³-hybridized carbons (Fsp3) is 0.667. The van der Waals surface area contributed by atoms with Crippen LogP contribution in [0.15, 0.2) is 17.5 Å². The van der Waals surface area contributed by atoms with Crippen molar-refractivity contribution in [2.45, 2.75) is 25.0 Å². The highest BCUT2D eigenvalue weighted by Crippen LogP contribution is 2.40. The van der Waals surface area contributed by atoms with Gasteiger partial charge in [0.1, 0.15) is 11.9 Å². The minimum Gasteiger partial charge on any atom is -0.497 e. The quantitative estimate of drug-likeness (QED) is 0.601.